The van der Waals surface area contributed by atoms with Gasteiger partial charge in [-0.1, -0.05) is 13.8 Å². The molecule has 0 fully saturated rings. The lowest BCUT2D eigenvalue weighted by Crippen LogP contribution is -2.31. The number of nitrogens with one attached hydrogen (secondary N) is 2. The maximum absolute atomic E-state index is 11.5. The highest BCUT2D eigenvalue weighted by Gasteiger charge is 2.26. The van der Waals surface area contributed by atoms with E-state index in [-0.39, 0.29) is 29.6 Å². The molecule has 0 unspecified atom stereocenters. The van der Waals surface area contributed by atoms with Crippen LogP contribution in [0, 0.1) is 16.0 Å². The second kappa shape index (κ2) is 6.64. The minimum Gasteiger partial charge on any atom is -0.480 e. The van der Waals surface area contributed by atoms with Gasteiger partial charge < -0.3 is 15.7 Å². The number of nitro groups is 1. The molecule has 1 heterocycles. The van der Waals surface area contributed by atoms with Crippen molar-refractivity contribution in [2.24, 2.45) is 5.92 Å². The van der Waals surface area contributed by atoms with Crippen LogP contribution in [0.3, 0.4) is 0 Å². The van der Waals surface area contributed by atoms with Crippen LogP contribution >= 0.6 is 0 Å². The molecular weight excluding hydrogens is 302 g/mol. The first-order chi connectivity index (χ1) is 10.8. The Morgan fingerprint density at radius 3 is 2.70 bits per heavy atom. The number of rotatable bonds is 6. The van der Waals surface area contributed by atoms with Crippen LogP contribution in [0.1, 0.15) is 32.3 Å². The van der Waals surface area contributed by atoms with Crippen LogP contribution in [0.5, 0.6) is 0 Å². The monoisotopic (exact) mass is 321 g/mol. The van der Waals surface area contributed by atoms with Gasteiger partial charge in [0, 0.05) is 18.2 Å². The molecule has 8 heteroatoms. The third-order valence-corrected chi connectivity index (χ3v) is 3.65. The molecule has 0 aromatic heterocycles. The number of carboxylic acids is 1. The van der Waals surface area contributed by atoms with E-state index in [0.717, 1.165) is 0 Å². The largest absolute Gasteiger partial charge is 0.480 e. The third kappa shape index (κ3) is 3.97. The van der Waals surface area contributed by atoms with Crippen molar-refractivity contribution in [2.45, 2.75) is 39.2 Å². The van der Waals surface area contributed by atoms with Crippen LogP contribution in [-0.2, 0) is 16.0 Å². The smallest absolute Gasteiger partial charge is 0.326 e. The third-order valence-electron chi connectivity index (χ3n) is 3.65. The molecule has 23 heavy (non-hydrogen) atoms. The molecule has 1 aliphatic heterocycles. The van der Waals surface area contributed by atoms with Crippen LogP contribution in [0.25, 0.3) is 0 Å². The number of amides is 1. The van der Waals surface area contributed by atoms with Gasteiger partial charge >= 0.3 is 5.97 Å². The first-order valence-electron chi connectivity index (χ1n) is 7.38. The van der Waals surface area contributed by atoms with Gasteiger partial charge in [0.1, 0.15) is 11.7 Å². The van der Waals surface area contributed by atoms with Crippen LogP contribution < -0.4 is 10.6 Å². The molecule has 1 amide bonds. The zero-order chi connectivity index (χ0) is 17.1. The van der Waals surface area contributed by atoms with E-state index in [9.17, 15) is 24.8 Å². The average Bonchev–Trinajstić information content (AvgIpc) is 2.44. The van der Waals surface area contributed by atoms with Gasteiger partial charge in [0.25, 0.3) is 5.69 Å². The average molecular weight is 321 g/mol. The lowest BCUT2D eigenvalue weighted by atomic mass is 10.00. The summed E-state index contributed by atoms with van der Waals surface area (Å²) < 4.78 is 0. The topological polar surface area (TPSA) is 122 Å². The quantitative estimate of drug-likeness (QED) is 0.546. The molecule has 124 valence electrons. The number of benzene rings is 1. The fourth-order valence-corrected chi connectivity index (χ4v) is 2.56. The zero-order valence-electron chi connectivity index (χ0n) is 13.0. The maximum atomic E-state index is 11.5. The van der Waals surface area contributed by atoms with Gasteiger partial charge in [0.15, 0.2) is 0 Å². The second-order valence-corrected chi connectivity index (χ2v) is 6.00. The van der Waals surface area contributed by atoms with Gasteiger partial charge in [0.2, 0.25) is 5.91 Å². The Kier molecular flexibility index (Phi) is 4.83. The van der Waals surface area contributed by atoms with E-state index in [1.807, 2.05) is 13.8 Å². The molecule has 1 aromatic carbocycles. The van der Waals surface area contributed by atoms with Crippen molar-refractivity contribution in [3.8, 4) is 0 Å². The predicted octanol–water partition coefficient (Wildman–Crippen LogP) is 2.39. The number of aliphatic carboxylic acids is 1. The summed E-state index contributed by atoms with van der Waals surface area (Å²) in [5, 5.41) is 26.0. The number of nitro benzene ring substituents is 1. The predicted molar refractivity (Wildman–Crippen MR) is 84.5 cm³/mol. The highest BCUT2D eigenvalue weighted by atomic mass is 16.6. The second-order valence-electron chi connectivity index (χ2n) is 6.00. The molecule has 0 spiro atoms. The Morgan fingerprint density at radius 1 is 1.43 bits per heavy atom. The molecular formula is C15H19N3O5. The number of hydrogen-bond acceptors (Lipinski definition) is 5. The Bertz CT molecular complexity index is 657. The number of carboxylic acid groups (broad SMARTS) is 1. The van der Waals surface area contributed by atoms with E-state index in [4.69, 9.17) is 0 Å². The summed E-state index contributed by atoms with van der Waals surface area (Å²) in [6.45, 7) is 3.75. The number of aryl methyl sites for hydroxylation is 1. The number of carbonyl (C=O) groups is 2. The lowest BCUT2D eigenvalue weighted by molar-refractivity contribution is -0.384. The summed E-state index contributed by atoms with van der Waals surface area (Å²) in [7, 11) is 0. The van der Waals surface area contributed by atoms with Crippen molar-refractivity contribution >= 4 is 28.9 Å². The highest BCUT2D eigenvalue weighted by Crippen LogP contribution is 2.34. The van der Waals surface area contributed by atoms with Gasteiger partial charge in [-0.05, 0) is 30.4 Å². The molecule has 1 aliphatic rings. The maximum Gasteiger partial charge on any atom is 0.326 e. The fourth-order valence-electron chi connectivity index (χ4n) is 2.56. The van der Waals surface area contributed by atoms with Crippen LogP contribution in [-0.4, -0.2) is 27.9 Å². The van der Waals surface area contributed by atoms with E-state index in [0.29, 0.717) is 24.1 Å². The summed E-state index contributed by atoms with van der Waals surface area (Å²) >= 11 is 0. The normalized spacial score (nSPS) is 14.8. The Labute approximate surface area is 133 Å². The van der Waals surface area contributed by atoms with E-state index in [1.165, 1.54) is 12.1 Å². The number of anilines is 2. The van der Waals surface area contributed by atoms with E-state index in [1.54, 1.807) is 0 Å². The number of carbonyl (C=O) groups excluding carboxylic acids is 1. The molecule has 0 saturated heterocycles. The first kappa shape index (κ1) is 16.7. The van der Waals surface area contributed by atoms with Gasteiger partial charge in [-0.2, -0.15) is 0 Å². The standard InChI is InChI=1S/C15H19N3O5/c1-8(2)5-12(15(20)21)16-11-7-10-9(3-4-14(19)17-10)6-13(11)18(22)23/h6-8,12,16H,3-5H2,1-2H3,(H,17,19)(H,20,21)/t12-/m1/s1. The van der Waals surface area contributed by atoms with Crippen molar-refractivity contribution in [1.82, 2.24) is 0 Å². The summed E-state index contributed by atoms with van der Waals surface area (Å²) in [4.78, 5) is 33.6. The van der Waals surface area contributed by atoms with E-state index < -0.39 is 16.9 Å². The molecule has 1 atom stereocenters. The number of nitrogens with zero attached hydrogens (tertiary/aromatic N) is 1. The van der Waals surface area contributed by atoms with E-state index >= 15 is 0 Å². The van der Waals surface area contributed by atoms with Crippen molar-refractivity contribution < 1.29 is 19.6 Å². The number of fused-ring (bicyclic) bond motifs is 1. The van der Waals surface area contributed by atoms with Gasteiger partial charge in [-0.25, -0.2) is 4.79 Å². The zero-order valence-corrected chi connectivity index (χ0v) is 13.0. The highest BCUT2D eigenvalue weighted by molar-refractivity contribution is 5.95. The Balaban J connectivity index is 2.39. The fraction of sp³-hybridized carbons (Fsp3) is 0.467. The van der Waals surface area contributed by atoms with Crippen molar-refractivity contribution in [1.29, 1.82) is 0 Å². The number of hydrogen-bond donors (Lipinski definition) is 3. The molecule has 8 nitrogen and oxygen atoms in total. The molecule has 1 aromatic rings. The summed E-state index contributed by atoms with van der Waals surface area (Å²) in [6, 6.07) is 1.90. The van der Waals surface area contributed by atoms with Gasteiger partial charge in [0.05, 0.1) is 4.92 Å². The minimum absolute atomic E-state index is 0.101. The SMILES string of the molecule is CC(C)C[C@@H](Nc1cc2c(cc1[N+](=O)[O-])CCC(=O)N2)C(=O)O. The van der Waals surface area contributed by atoms with Crippen LogP contribution in [0.15, 0.2) is 12.1 Å². The van der Waals surface area contributed by atoms with Gasteiger partial charge in [-0.15, -0.1) is 0 Å². The first-order valence-corrected chi connectivity index (χ1v) is 7.38. The van der Waals surface area contributed by atoms with Crippen LogP contribution in [0.4, 0.5) is 17.1 Å². The summed E-state index contributed by atoms with van der Waals surface area (Å²) in [6.07, 6.45) is 1.04. The molecule has 0 saturated carbocycles. The van der Waals surface area contributed by atoms with E-state index in [2.05, 4.69) is 10.6 Å². The van der Waals surface area contributed by atoms with Crippen molar-refractivity contribution in [3.63, 3.8) is 0 Å². The molecule has 0 radical (unpaired) electrons. The van der Waals surface area contributed by atoms with Gasteiger partial charge in [-0.3, -0.25) is 14.9 Å². The van der Waals surface area contributed by atoms with Crippen LogP contribution in [0.2, 0.25) is 0 Å². The summed E-state index contributed by atoms with van der Waals surface area (Å²) in [5.74, 6) is -1.12. The lowest BCUT2D eigenvalue weighted by Gasteiger charge is -2.21. The molecule has 0 aliphatic carbocycles. The summed E-state index contributed by atoms with van der Waals surface area (Å²) in [5.41, 5.74) is 1.08. The molecule has 2 rings (SSSR count). The molecule has 3 N–H and O–H groups in total. The Hall–Kier alpha value is -2.64. The molecule has 0 bridgehead atoms. The van der Waals surface area contributed by atoms with Crippen molar-refractivity contribution in [2.75, 3.05) is 10.6 Å². The minimum atomic E-state index is -1.07. The Morgan fingerprint density at radius 2 is 2.13 bits per heavy atom. The van der Waals surface area contributed by atoms with Crippen molar-refractivity contribution in [3.05, 3.63) is 27.8 Å².